The Morgan fingerprint density at radius 3 is 2.56 bits per heavy atom. The first-order valence-electron chi connectivity index (χ1n) is 6.74. The van der Waals surface area contributed by atoms with E-state index >= 15 is 0 Å². The fraction of sp³-hybridized carbons (Fsp3) is 0.533. The van der Waals surface area contributed by atoms with Gasteiger partial charge in [0.25, 0.3) is 0 Å². The summed E-state index contributed by atoms with van der Waals surface area (Å²) in [6, 6.07) is 10.3. The van der Waals surface area contributed by atoms with E-state index in [1.54, 1.807) is 0 Å². The van der Waals surface area contributed by atoms with Gasteiger partial charge < -0.3 is 10.2 Å². The van der Waals surface area contributed by atoms with E-state index in [9.17, 15) is 4.79 Å². The summed E-state index contributed by atoms with van der Waals surface area (Å²) in [5, 5.41) is 3.41. The third-order valence-corrected chi connectivity index (χ3v) is 4.52. The minimum Gasteiger partial charge on any atom is -0.345 e. The summed E-state index contributed by atoms with van der Waals surface area (Å²) in [7, 11) is 1.94. The van der Waals surface area contributed by atoms with Crippen LogP contribution in [0.3, 0.4) is 0 Å². The summed E-state index contributed by atoms with van der Waals surface area (Å²) >= 11 is 0. The maximum absolute atomic E-state index is 12.5. The Hall–Kier alpha value is -1.35. The normalized spacial score (nSPS) is 26.8. The van der Waals surface area contributed by atoms with Crippen LogP contribution < -0.4 is 5.32 Å². The molecule has 0 saturated carbocycles. The number of carbonyl (C=O) groups is 1. The van der Waals surface area contributed by atoms with E-state index in [1.807, 2.05) is 30.1 Å². The number of nitrogens with zero attached hydrogens (tertiary/aromatic N) is 1. The number of nitrogens with one attached hydrogen (secondary N) is 1. The zero-order chi connectivity index (χ0) is 12.6. The van der Waals surface area contributed by atoms with Crippen molar-refractivity contribution in [3.63, 3.8) is 0 Å². The van der Waals surface area contributed by atoms with Crippen LogP contribution in [0.5, 0.6) is 0 Å². The first kappa shape index (κ1) is 11.7. The van der Waals surface area contributed by atoms with Crippen LogP contribution in [0, 0.1) is 5.41 Å². The first-order chi connectivity index (χ1) is 8.73. The molecule has 2 aliphatic heterocycles. The van der Waals surface area contributed by atoms with Crippen molar-refractivity contribution in [2.45, 2.75) is 18.8 Å². The van der Waals surface area contributed by atoms with E-state index < -0.39 is 0 Å². The van der Waals surface area contributed by atoms with Crippen molar-refractivity contribution >= 4 is 5.91 Å². The zero-order valence-corrected chi connectivity index (χ0v) is 10.9. The predicted octanol–water partition coefficient (Wildman–Crippen LogP) is 1.61. The number of piperidine rings is 1. The van der Waals surface area contributed by atoms with Crippen LogP contribution in [-0.4, -0.2) is 37.5 Å². The summed E-state index contributed by atoms with van der Waals surface area (Å²) in [6.07, 6.45) is 2.20. The molecule has 0 aliphatic carbocycles. The van der Waals surface area contributed by atoms with Gasteiger partial charge in [-0.3, -0.25) is 4.79 Å². The molecule has 1 amide bonds. The second-order valence-corrected chi connectivity index (χ2v) is 5.65. The molecule has 1 unspecified atom stereocenters. The van der Waals surface area contributed by atoms with Gasteiger partial charge in [0.1, 0.15) is 0 Å². The van der Waals surface area contributed by atoms with Crippen LogP contribution in [-0.2, 0) is 4.79 Å². The maximum atomic E-state index is 12.5. The highest BCUT2D eigenvalue weighted by Gasteiger charge is 2.51. The molecule has 1 N–H and O–H groups in total. The van der Waals surface area contributed by atoms with Crippen molar-refractivity contribution in [1.29, 1.82) is 0 Å². The van der Waals surface area contributed by atoms with E-state index in [-0.39, 0.29) is 11.3 Å². The van der Waals surface area contributed by atoms with Crippen LogP contribution in [0.15, 0.2) is 30.3 Å². The molecule has 0 aromatic heterocycles. The molecule has 1 aromatic carbocycles. The van der Waals surface area contributed by atoms with Crippen LogP contribution in [0.1, 0.15) is 24.3 Å². The molecule has 1 spiro atoms. The molecule has 2 fully saturated rings. The molecule has 18 heavy (non-hydrogen) atoms. The Kier molecular flexibility index (Phi) is 2.86. The van der Waals surface area contributed by atoms with Crippen molar-refractivity contribution in [3.8, 4) is 0 Å². The Balaban J connectivity index is 2.00. The van der Waals surface area contributed by atoms with Crippen molar-refractivity contribution < 1.29 is 4.79 Å². The minimum absolute atomic E-state index is 0.0609. The third-order valence-electron chi connectivity index (χ3n) is 4.52. The van der Waals surface area contributed by atoms with Gasteiger partial charge in [-0.1, -0.05) is 30.3 Å². The van der Waals surface area contributed by atoms with E-state index in [4.69, 9.17) is 0 Å². The number of likely N-dealkylation sites (tertiary alicyclic amines) is 1. The van der Waals surface area contributed by atoms with Gasteiger partial charge in [-0.05, 0) is 31.5 Å². The van der Waals surface area contributed by atoms with Crippen LogP contribution >= 0.6 is 0 Å². The number of hydrogen-bond donors (Lipinski definition) is 1. The SMILES string of the molecule is CN1CC2(CCNCC2)C(c2ccccc2)C1=O. The average Bonchev–Trinajstić information content (AvgIpc) is 2.63. The lowest BCUT2D eigenvalue weighted by Gasteiger charge is -2.37. The molecule has 2 saturated heterocycles. The van der Waals surface area contributed by atoms with Crippen LogP contribution in [0.2, 0.25) is 0 Å². The fourth-order valence-corrected chi connectivity index (χ4v) is 3.64. The second-order valence-electron chi connectivity index (χ2n) is 5.65. The number of hydrogen-bond acceptors (Lipinski definition) is 2. The Morgan fingerprint density at radius 1 is 1.22 bits per heavy atom. The van der Waals surface area contributed by atoms with Crippen molar-refractivity contribution in [2.75, 3.05) is 26.7 Å². The Labute approximate surface area is 108 Å². The second kappa shape index (κ2) is 4.39. The lowest BCUT2D eigenvalue weighted by Crippen LogP contribution is -2.41. The fourth-order valence-electron chi connectivity index (χ4n) is 3.64. The van der Waals surface area contributed by atoms with E-state index in [0.717, 1.165) is 32.5 Å². The van der Waals surface area contributed by atoms with E-state index in [0.29, 0.717) is 5.91 Å². The molecule has 0 radical (unpaired) electrons. The van der Waals surface area contributed by atoms with Crippen molar-refractivity contribution in [1.82, 2.24) is 10.2 Å². The highest BCUT2D eigenvalue weighted by atomic mass is 16.2. The molecule has 96 valence electrons. The minimum atomic E-state index is 0.0609. The number of likely N-dealkylation sites (N-methyl/N-ethyl adjacent to an activating group) is 1. The monoisotopic (exact) mass is 244 g/mol. The van der Waals surface area contributed by atoms with Crippen LogP contribution in [0.4, 0.5) is 0 Å². The standard InChI is InChI=1S/C15H20N2O/c1-17-11-15(7-9-16-10-8-15)13(14(17)18)12-5-3-2-4-6-12/h2-6,13,16H,7-11H2,1H3. The number of rotatable bonds is 1. The van der Waals surface area contributed by atoms with E-state index in [2.05, 4.69) is 17.4 Å². The third kappa shape index (κ3) is 1.74. The van der Waals surface area contributed by atoms with Gasteiger partial charge in [0.2, 0.25) is 5.91 Å². The number of amides is 1. The molecule has 3 heteroatoms. The molecule has 1 atom stereocenters. The molecular weight excluding hydrogens is 224 g/mol. The summed E-state index contributed by atoms with van der Waals surface area (Å²) < 4.78 is 0. The summed E-state index contributed by atoms with van der Waals surface area (Å²) in [5.41, 5.74) is 1.34. The zero-order valence-electron chi connectivity index (χ0n) is 10.9. The molecule has 2 heterocycles. The number of carbonyl (C=O) groups excluding carboxylic acids is 1. The Bertz CT molecular complexity index is 437. The molecule has 2 aliphatic rings. The average molecular weight is 244 g/mol. The van der Waals surface area contributed by atoms with Gasteiger partial charge in [-0.2, -0.15) is 0 Å². The summed E-state index contributed by atoms with van der Waals surface area (Å²) in [6.45, 7) is 2.97. The lowest BCUT2D eigenvalue weighted by molar-refractivity contribution is -0.128. The molecule has 3 nitrogen and oxygen atoms in total. The van der Waals surface area contributed by atoms with Gasteiger partial charge in [0.15, 0.2) is 0 Å². The van der Waals surface area contributed by atoms with Crippen LogP contribution in [0.25, 0.3) is 0 Å². The predicted molar refractivity (Wildman–Crippen MR) is 71.4 cm³/mol. The van der Waals surface area contributed by atoms with Gasteiger partial charge in [-0.15, -0.1) is 0 Å². The van der Waals surface area contributed by atoms with Crippen molar-refractivity contribution in [3.05, 3.63) is 35.9 Å². The highest BCUT2D eigenvalue weighted by molar-refractivity contribution is 5.87. The lowest BCUT2D eigenvalue weighted by atomic mass is 9.68. The van der Waals surface area contributed by atoms with Gasteiger partial charge in [-0.25, -0.2) is 0 Å². The molecular formula is C15H20N2O. The first-order valence-corrected chi connectivity index (χ1v) is 6.74. The highest BCUT2D eigenvalue weighted by Crippen LogP contribution is 2.48. The maximum Gasteiger partial charge on any atom is 0.230 e. The Morgan fingerprint density at radius 2 is 1.89 bits per heavy atom. The van der Waals surface area contributed by atoms with Crippen molar-refractivity contribution in [2.24, 2.45) is 5.41 Å². The van der Waals surface area contributed by atoms with Gasteiger partial charge in [0, 0.05) is 19.0 Å². The molecule has 1 aromatic rings. The topological polar surface area (TPSA) is 32.3 Å². The van der Waals surface area contributed by atoms with Gasteiger partial charge >= 0.3 is 0 Å². The molecule has 0 bridgehead atoms. The summed E-state index contributed by atoms with van der Waals surface area (Å²) in [5.74, 6) is 0.355. The number of benzene rings is 1. The van der Waals surface area contributed by atoms with Gasteiger partial charge in [0.05, 0.1) is 5.92 Å². The summed E-state index contributed by atoms with van der Waals surface area (Å²) in [4.78, 5) is 14.4. The smallest absolute Gasteiger partial charge is 0.230 e. The quantitative estimate of drug-likeness (QED) is 0.814. The molecule has 3 rings (SSSR count). The van der Waals surface area contributed by atoms with E-state index in [1.165, 1.54) is 5.56 Å². The largest absolute Gasteiger partial charge is 0.345 e.